The third-order valence-corrected chi connectivity index (χ3v) is 4.58. The number of amides is 1. The highest BCUT2D eigenvalue weighted by molar-refractivity contribution is 7.85. The number of pyridine rings is 1. The van der Waals surface area contributed by atoms with Crippen LogP contribution in [0.5, 0.6) is 0 Å². The van der Waals surface area contributed by atoms with Gasteiger partial charge < -0.3 is 10.4 Å². The molecule has 1 fully saturated rings. The van der Waals surface area contributed by atoms with Crippen LogP contribution in [0.25, 0.3) is 0 Å². The molecule has 1 aliphatic rings. The monoisotopic (exact) mass is 306 g/mol. The molecule has 1 aromatic rings. The van der Waals surface area contributed by atoms with E-state index in [1.165, 1.54) is 6.20 Å². The Morgan fingerprint density at radius 1 is 1.43 bits per heavy atom. The van der Waals surface area contributed by atoms with E-state index >= 15 is 0 Å². The number of carbonyl (C=O) groups is 1. The number of aromatic nitrogens is 1. The predicted octanol–water partition coefficient (Wildman–Crippen LogP) is 0.456. The predicted molar refractivity (Wildman–Crippen MR) is 81.2 cm³/mol. The van der Waals surface area contributed by atoms with Crippen LogP contribution in [0, 0.1) is 11.8 Å². The van der Waals surface area contributed by atoms with E-state index in [9.17, 15) is 9.00 Å². The van der Waals surface area contributed by atoms with Crippen molar-refractivity contribution in [2.45, 2.75) is 25.3 Å². The maximum atomic E-state index is 12.2. The van der Waals surface area contributed by atoms with E-state index in [2.05, 4.69) is 22.1 Å². The van der Waals surface area contributed by atoms with Gasteiger partial charge in [0.1, 0.15) is 0 Å². The first-order chi connectivity index (χ1) is 10.2. The first kappa shape index (κ1) is 15.7. The second-order valence-corrected chi connectivity index (χ2v) is 6.53. The Morgan fingerprint density at radius 3 is 2.90 bits per heavy atom. The highest BCUT2D eigenvalue weighted by Gasteiger charge is 2.20. The summed E-state index contributed by atoms with van der Waals surface area (Å²) in [6.07, 6.45) is 5.00. The quantitative estimate of drug-likeness (QED) is 0.795. The molecule has 0 unspecified atom stereocenters. The standard InChI is InChI=1S/C15H18N2O3S/c18-6-2-1-3-12-9-13(11-16-10-12)15(19)17-14-4-7-21(20)8-5-14/h9-11,14,18H,2,4-8H2,(H,17,19). The molecule has 2 N–H and O–H groups in total. The van der Waals surface area contributed by atoms with Crippen LogP contribution in [0.1, 0.15) is 35.2 Å². The van der Waals surface area contributed by atoms with Crippen molar-refractivity contribution in [2.75, 3.05) is 18.1 Å². The fourth-order valence-electron chi connectivity index (χ4n) is 2.06. The first-order valence-corrected chi connectivity index (χ1v) is 8.38. The number of aliphatic hydroxyl groups is 1. The number of nitrogens with zero attached hydrogens (tertiary/aromatic N) is 1. The fourth-order valence-corrected chi connectivity index (χ4v) is 3.36. The zero-order valence-corrected chi connectivity index (χ0v) is 12.5. The summed E-state index contributed by atoms with van der Waals surface area (Å²) in [7, 11) is -0.731. The third-order valence-electron chi connectivity index (χ3n) is 3.19. The van der Waals surface area contributed by atoms with Crippen molar-refractivity contribution in [2.24, 2.45) is 0 Å². The molecule has 2 heterocycles. The number of nitrogens with one attached hydrogen (secondary N) is 1. The molecule has 0 atom stereocenters. The molecule has 21 heavy (non-hydrogen) atoms. The summed E-state index contributed by atoms with van der Waals surface area (Å²) in [5.41, 5.74) is 1.12. The molecule has 0 spiro atoms. The molecule has 5 nitrogen and oxygen atoms in total. The molecule has 1 aromatic heterocycles. The minimum absolute atomic E-state index is 0.0175. The molecule has 1 aliphatic heterocycles. The van der Waals surface area contributed by atoms with Gasteiger partial charge in [0.05, 0.1) is 12.2 Å². The molecule has 0 radical (unpaired) electrons. The van der Waals surface area contributed by atoms with Crippen molar-refractivity contribution in [3.63, 3.8) is 0 Å². The minimum Gasteiger partial charge on any atom is -0.395 e. The lowest BCUT2D eigenvalue weighted by Crippen LogP contribution is -2.39. The van der Waals surface area contributed by atoms with Gasteiger partial charge >= 0.3 is 0 Å². The number of rotatable bonds is 3. The summed E-state index contributed by atoms with van der Waals surface area (Å²) in [4.78, 5) is 16.2. The largest absolute Gasteiger partial charge is 0.395 e. The third kappa shape index (κ3) is 4.96. The highest BCUT2D eigenvalue weighted by atomic mass is 32.2. The summed E-state index contributed by atoms with van der Waals surface area (Å²) < 4.78 is 11.3. The van der Waals surface area contributed by atoms with E-state index in [0.717, 1.165) is 12.8 Å². The Bertz CT molecular complexity index is 582. The Labute approximate surface area is 126 Å². The van der Waals surface area contributed by atoms with E-state index < -0.39 is 10.8 Å². The summed E-state index contributed by atoms with van der Waals surface area (Å²) in [5, 5.41) is 11.6. The molecule has 0 saturated carbocycles. The number of aliphatic hydroxyl groups excluding tert-OH is 1. The molecule has 2 rings (SSSR count). The van der Waals surface area contributed by atoms with Crippen molar-refractivity contribution in [3.8, 4) is 11.8 Å². The first-order valence-electron chi connectivity index (χ1n) is 6.89. The Balaban J connectivity index is 1.98. The van der Waals surface area contributed by atoms with Crippen LogP contribution >= 0.6 is 0 Å². The van der Waals surface area contributed by atoms with Gasteiger partial charge in [0.2, 0.25) is 0 Å². The number of hydrogen-bond donors (Lipinski definition) is 2. The van der Waals surface area contributed by atoms with Crippen molar-refractivity contribution in [1.82, 2.24) is 10.3 Å². The SMILES string of the molecule is O=C(NC1CCS(=O)CC1)c1cncc(C#CCCO)c1. The van der Waals surface area contributed by atoms with E-state index in [1.54, 1.807) is 12.3 Å². The highest BCUT2D eigenvalue weighted by Crippen LogP contribution is 2.10. The van der Waals surface area contributed by atoms with Gasteiger partial charge in [0, 0.05) is 52.7 Å². The van der Waals surface area contributed by atoms with Gasteiger partial charge in [-0.15, -0.1) is 0 Å². The van der Waals surface area contributed by atoms with Gasteiger partial charge in [-0.05, 0) is 18.9 Å². The molecule has 6 heteroatoms. The van der Waals surface area contributed by atoms with Crippen LogP contribution in [0.15, 0.2) is 18.5 Å². The lowest BCUT2D eigenvalue weighted by Gasteiger charge is -2.22. The minimum atomic E-state index is -0.731. The number of carbonyl (C=O) groups excluding carboxylic acids is 1. The summed E-state index contributed by atoms with van der Waals surface area (Å²) in [5.74, 6) is 6.78. The van der Waals surface area contributed by atoms with Crippen LogP contribution in [0.4, 0.5) is 0 Å². The van der Waals surface area contributed by atoms with Gasteiger partial charge in [0.15, 0.2) is 0 Å². The Morgan fingerprint density at radius 2 is 2.19 bits per heavy atom. The Hall–Kier alpha value is -1.71. The molecular formula is C15H18N2O3S. The smallest absolute Gasteiger partial charge is 0.253 e. The molecule has 112 valence electrons. The zero-order valence-electron chi connectivity index (χ0n) is 11.7. The fraction of sp³-hybridized carbons (Fsp3) is 0.467. The van der Waals surface area contributed by atoms with Gasteiger partial charge in [-0.1, -0.05) is 11.8 Å². The summed E-state index contributed by atoms with van der Waals surface area (Å²) in [6.45, 7) is 0.0175. The van der Waals surface area contributed by atoms with Gasteiger partial charge in [-0.3, -0.25) is 14.0 Å². The van der Waals surface area contributed by atoms with Gasteiger partial charge in [-0.25, -0.2) is 0 Å². The van der Waals surface area contributed by atoms with Crippen LogP contribution in [-0.2, 0) is 10.8 Å². The van der Waals surface area contributed by atoms with E-state index in [0.29, 0.717) is 29.1 Å². The molecular weight excluding hydrogens is 288 g/mol. The van der Waals surface area contributed by atoms with E-state index in [4.69, 9.17) is 5.11 Å². The topological polar surface area (TPSA) is 79.3 Å². The summed E-state index contributed by atoms with van der Waals surface area (Å²) >= 11 is 0. The van der Waals surface area contributed by atoms with Crippen molar-refractivity contribution >= 4 is 16.7 Å². The Kier molecular flexibility index (Phi) is 5.90. The van der Waals surface area contributed by atoms with Crippen LogP contribution < -0.4 is 5.32 Å². The van der Waals surface area contributed by atoms with Crippen LogP contribution in [0.2, 0.25) is 0 Å². The molecule has 0 aliphatic carbocycles. The number of hydrogen-bond acceptors (Lipinski definition) is 4. The molecule has 1 amide bonds. The average Bonchev–Trinajstić information content (AvgIpc) is 2.50. The van der Waals surface area contributed by atoms with Gasteiger partial charge in [0.25, 0.3) is 5.91 Å². The lowest BCUT2D eigenvalue weighted by atomic mass is 10.1. The maximum Gasteiger partial charge on any atom is 0.253 e. The van der Waals surface area contributed by atoms with Crippen molar-refractivity contribution in [1.29, 1.82) is 0 Å². The average molecular weight is 306 g/mol. The second-order valence-electron chi connectivity index (χ2n) is 4.83. The maximum absolute atomic E-state index is 12.2. The molecule has 0 aromatic carbocycles. The van der Waals surface area contributed by atoms with Crippen LogP contribution in [-0.4, -0.2) is 44.4 Å². The second kappa shape index (κ2) is 7.91. The summed E-state index contributed by atoms with van der Waals surface area (Å²) in [6, 6.07) is 1.77. The van der Waals surface area contributed by atoms with Crippen molar-refractivity contribution < 1.29 is 14.1 Å². The van der Waals surface area contributed by atoms with E-state index in [-0.39, 0.29) is 18.6 Å². The molecule has 0 bridgehead atoms. The van der Waals surface area contributed by atoms with Crippen molar-refractivity contribution in [3.05, 3.63) is 29.6 Å². The lowest BCUT2D eigenvalue weighted by molar-refractivity contribution is 0.0934. The van der Waals surface area contributed by atoms with E-state index in [1.807, 2.05) is 0 Å². The normalized spacial score (nSPS) is 21.2. The molecule has 1 saturated heterocycles. The van der Waals surface area contributed by atoms with Gasteiger partial charge in [-0.2, -0.15) is 0 Å². The zero-order chi connectivity index (χ0) is 15.1. The van der Waals surface area contributed by atoms with Crippen LogP contribution in [0.3, 0.4) is 0 Å².